The summed E-state index contributed by atoms with van der Waals surface area (Å²) in [5.41, 5.74) is 0. The predicted molar refractivity (Wildman–Crippen MR) is 61.5 cm³/mol. The van der Waals surface area contributed by atoms with Crippen molar-refractivity contribution in [2.24, 2.45) is 0 Å². The minimum Gasteiger partial charge on any atom is -0.0678 e. The second-order valence-corrected chi connectivity index (χ2v) is 9.47. The molecule has 74 valence electrons. The number of rotatable bonds is 7. The highest BCUT2D eigenvalue weighted by molar-refractivity contribution is 6.79. The first-order valence-electron chi connectivity index (χ1n) is 5.74. The third kappa shape index (κ3) is 3.75. The minimum atomic E-state index is -0.764. The lowest BCUT2D eigenvalue weighted by atomic mass is 10.4. The summed E-state index contributed by atoms with van der Waals surface area (Å²) in [4.78, 5) is 0. The van der Waals surface area contributed by atoms with Crippen molar-refractivity contribution in [2.45, 2.75) is 71.1 Å². The maximum Gasteiger partial charge on any atom is 0.0530 e. The standard InChI is InChI=1S/C11H26Si/c1-5-9-11-12(7-3,8-4)10-6-2/h5-11H2,1-4H3. The van der Waals surface area contributed by atoms with Crippen molar-refractivity contribution in [2.75, 3.05) is 0 Å². The van der Waals surface area contributed by atoms with Crippen LogP contribution in [0.5, 0.6) is 0 Å². The molecule has 0 saturated heterocycles. The number of unbranched alkanes of at least 4 members (excludes halogenated alkanes) is 1. The van der Waals surface area contributed by atoms with E-state index < -0.39 is 8.07 Å². The van der Waals surface area contributed by atoms with E-state index in [1.807, 2.05) is 0 Å². The van der Waals surface area contributed by atoms with Gasteiger partial charge in [-0.25, -0.2) is 0 Å². The fraction of sp³-hybridized carbons (Fsp3) is 1.00. The van der Waals surface area contributed by atoms with Crippen LogP contribution in [0.2, 0.25) is 24.2 Å². The van der Waals surface area contributed by atoms with Crippen LogP contribution in [-0.4, -0.2) is 8.07 Å². The Hall–Kier alpha value is 0.217. The molecule has 1 heteroatoms. The van der Waals surface area contributed by atoms with Crippen molar-refractivity contribution in [3.05, 3.63) is 0 Å². The van der Waals surface area contributed by atoms with E-state index in [0.717, 1.165) is 0 Å². The number of hydrogen-bond donors (Lipinski definition) is 0. The Bertz CT molecular complexity index is 95.2. The summed E-state index contributed by atoms with van der Waals surface area (Å²) in [5, 5.41) is 0. The minimum absolute atomic E-state index is 0.764. The zero-order valence-corrected chi connectivity index (χ0v) is 10.4. The van der Waals surface area contributed by atoms with Gasteiger partial charge in [-0.3, -0.25) is 0 Å². The first kappa shape index (κ1) is 12.2. The van der Waals surface area contributed by atoms with Crippen molar-refractivity contribution in [1.82, 2.24) is 0 Å². The lowest BCUT2D eigenvalue weighted by molar-refractivity contribution is 0.843. The molecule has 0 aromatic carbocycles. The molecule has 0 aliphatic carbocycles. The summed E-state index contributed by atoms with van der Waals surface area (Å²) in [5.74, 6) is 0. The molecule has 0 atom stereocenters. The van der Waals surface area contributed by atoms with Gasteiger partial charge in [0.25, 0.3) is 0 Å². The van der Waals surface area contributed by atoms with Gasteiger partial charge in [-0.05, 0) is 0 Å². The fourth-order valence-electron chi connectivity index (χ4n) is 2.16. The molecule has 0 saturated carbocycles. The summed E-state index contributed by atoms with van der Waals surface area (Å²) in [6.07, 6.45) is 4.28. The lowest BCUT2D eigenvalue weighted by Crippen LogP contribution is -2.31. The second kappa shape index (κ2) is 6.70. The molecule has 0 heterocycles. The van der Waals surface area contributed by atoms with E-state index in [1.54, 1.807) is 12.1 Å². The third-order valence-electron chi connectivity index (χ3n) is 3.34. The maximum atomic E-state index is 2.42. The molecule has 0 bridgehead atoms. The molecule has 12 heavy (non-hydrogen) atoms. The third-order valence-corrected chi connectivity index (χ3v) is 9.32. The van der Waals surface area contributed by atoms with Gasteiger partial charge in [-0.15, -0.1) is 0 Å². The van der Waals surface area contributed by atoms with Gasteiger partial charge in [0, 0.05) is 0 Å². The zero-order valence-electron chi connectivity index (χ0n) is 9.45. The molecule has 0 unspecified atom stereocenters. The van der Waals surface area contributed by atoms with Gasteiger partial charge < -0.3 is 0 Å². The van der Waals surface area contributed by atoms with Crippen LogP contribution in [0.4, 0.5) is 0 Å². The van der Waals surface area contributed by atoms with Crippen LogP contribution in [0.25, 0.3) is 0 Å². The molecule has 0 amide bonds. The Labute approximate surface area is 79.8 Å². The average molecular weight is 186 g/mol. The smallest absolute Gasteiger partial charge is 0.0530 e. The molecule has 0 aliphatic heterocycles. The summed E-state index contributed by atoms with van der Waals surface area (Å²) in [7, 11) is -0.764. The zero-order chi connectivity index (χ0) is 9.45. The Kier molecular flexibility index (Phi) is 6.82. The van der Waals surface area contributed by atoms with Crippen LogP contribution in [0.15, 0.2) is 0 Å². The molecule has 0 radical (unpaired) electrons. The lowest BCUT2D eigenvalue weighted by Gasteiger charge is -2.29. The molecule has 0 rings (SSSR count). The largest absolute Gasteiger partial charge is 0.0678 e. The van der Waals surface area contributed by atoms with E-state index in [0.29, 0.717) is 0 Å². The maximum absolute atomic E-state index is 2.42. The molecule has 0 aromatic rings. The molecule has 0 aromatic heterocycles. The van der Waals surface area contributed by atoms with E-state index in [9.17, 15) is 0 Å². The van der Waals surface area contributed by atoms with Crippen LogP contribution in [-0.2, 0) is 0 Å². The van der Waals surface area contributed by atoms with Gasteiger partial charge >= 0.3 is 0 Å². The Morgan fingerprint density at radius 3 is 1.67 bits per heavy atom. The van der Waals surface area contributed by atoms with Gasteiger partial charge in [0.15, 0.2) is 0 Å². The van der Waals surface area contributed by atoms with E-state index in [-0.39, 0.29) is 0 Å². The Balaban J connectivity index is 3.95. The monoisotopic (exact) mass is 186 g/mol. The number of hydrogen-bond acceptors (Lipinski definition) is 0. The summed E-state index contributed by atoms with van der Waals surface area (Å²) in [6, 6.07) is 6.18. The first-order chi connectivity index (χ1) is 5.74. The molecular weight excluding hydrogens is 160 g/mol. The van der Waals surface area contributed by atoms with E-state index in [4.69, 9.17) is 0 Å². The molecule has 0 fully saturated rings. The van der Waals surface area contributed by atoms with Crippen molar-refractivity contribution >= 4 is 8.07 Å². The van der Waals surface area contributed by atoms with Crippen molar-refractivity contribution in [3.8, 4) is 0 Å². The second-order valence-electron chi connectivity index (χ2n) is 4.06. The predicted octanol–water partition coefficient (Wildman–Crippen LogP) is 4.69. The van der Waals surface area contributed by atoms with Crippen molar-refractivity contribution < 1.29 is 0 Å². The van der Waals surface area contributed by atoms with E-state index in [2.05, 4.69) is 27.7 Å². The molecular formula is C11H26Si. The average Bonchev–Trinajstić information content (AvgIpc) is 2.13. The van der Waals surface area contributed by atoms with Crippen molar-refractivity contribution in [1.29, 1.82) is 0 Å². The molecule has 0 spiro atoms. The summed E-state index contributed by atoms with van der Waals surface area (Å²) < 4.78 is 0. The van der Waals surface area contributed by atoms with E-state index in [1.165, 1.54) is 31.4 Å². The van der Waals surface area contributed by atoms with Gasteiger partial charge in [-0.1, -0.05) is 71.1 Å². The fourth-order valence-corrected chi connectivity index (χ4v) is 6.49. The Morgan fingerprint density at radius 2 is 1.33 bits per heavy atom. The topological polar surface area (TPSA) is 0 Å². The molecule has 0 aliphatic rings. The van der Waals surface area contributed by atoms with Crippen LogP contribution >= 0.6 is 0 Å². The quantitative estimate of drug-likeness (QED) is 0.506. The normalized spacial score (nSPS) is 12.0. The van der Waals surface area contributed by atoms with Gasteiger partial charge in [0.2, 0.25) is 0 Å². The van der Waals surface area contributed by atoms with Gasteiger partial charge in [-0.2, -0.15) is 0 Å². The molecule has 0 N–H and O–H groups in total. The highest BCUT2D eigenvalue weighted by Gasteiger charge is 2.26. The van der Waals surface area contributed by atoms with Crippen LogP contribution in [0, 0.1) is 0 Å². The summed E-state index contributed by atoms with van der Waals surface area (Å²) >= 11 is 0. The van der Waals surface area contributed by atoms with Gasteiger partial charge in [0.1, 0.15) is 0 Å². The van der Waals surface area contributed by atoms with Crippen LogP contribution in [0.1, 0.15) is 47.0 Å². The highest BCUT2D eigenvalue weighted by atomic mass is 28.3. The van der Waals surface area contributed by atoms with Crippen molar-refractivity contribution in [3.63, 3.8) is 0 Å². The Morgan fingerprint density at radius 1 is 0.750 bits per heavy atom. The highest BCUT2D eigenvalue weighted by Crippen LogP contribution is 2.28. The van der Waals surface area contributed by atoms with Crippen LogP contribution < -0.4 is 0 Å². The van der Waals surface area contributed by atoms with Gasteiger partial charge in [0.05, 0.1) is 8.07 Å². The SMILES string of the molecule is CCCC[Si](CC)(CC)CCC. The van der Waals surface area contributed by atoms with Crippen LogP contribution in [0.3, 0.4) is 0 Å². The molecule has 0 nitrogen and oxygen atoms in total. The van der Waals surface area contributed by atoms with E-state index >= 15 is 0 Å². The first-order valence-corrected chi connectivity index (χ1v) is 8.57. The summed E-state index contributed by atoms with van der Waals surface area (Å²) in [6.45, 7) is 9.50.